The Morgan fingerprint density at radius 2 is 1.93 bits per heavy atom. The van der Waals surface area contributed by atoms with Crippen molar-refractivity contribution in [3.63, 3.8) is 0 Å². The van der Waals surface area contributed by atoms with Gasteiger partial charge in [-0.1, -0.05) is 6.07 Å². The minimum Gasteiger partial charge on any atom is -0.368 e. The van der Waals surface area contributed by atoms with E-state index in [-0.39, 0.29) is 11.8 Å². The third-order valence-corrected chi connectivity index (χ3v) is 5.28. The predicted molar refractivity (Wildman–Crippen MR) is 92.1 cm³/mol. The van der Waals surface area contributed by atoms with Crippen LogP contribution < -0.4 is 4.90 Å². The Morgan fingerprint density at radius 1 is 1.15 bits per heavy atom. The van der Waals surface area contributed by atoms with Gasteiger partial charge in [-0.25, -0.2) is 9.67 Å². The van der Waals surface area contributed by atoms with Crippen molar-refractivity contribution in [3.05, 3.63) is 42.0 Å². The van der Waals surface area contributed by atoms with E-state index in [2.05, 4.69) is 10.1 Å². The van der Waals surface area contributed by atoms with E-state index in [9.17, 15) is 18.0 Å². The molecule has 1 amide bonds. The van der Waals surface area contributed by atoms with Crippen LogP contribution in [0.5, 0.6) is 0 Å². The molecule has 0 saturated carbocycles. The van der Waals surface area contributed by atoms with Crippen molar-refractivity contribution in [1.82, 2.24) is 19.7 Å². The number of benzene rings is 1. The molecule has 0 bridgehead atoms. The number of amides is 1. The van der Waals surface area contributed by atoms with Crippen LogP contribution in [-0.4, -0.2) is 51.8 Å². The number of nitrogens with zero attached hydrogens (tertiary/aromatic N) is 5. The molecular weight excluding hydrogens is 359 g/mol. The Balaban J connectivity index is 1.37. The van der Waals surface area contributed by atoms with E-state index in [1.54, 1.807) is 10.7 Å². The van der Waals surface area contributed by atoms with Crippen molar-refractivity contribution in [2.75, 3.05) is 31.1 Å². The number of alkyl halides is 3. The lowest BCUT2D eigenvalue weighted by atomic mass is 9.98. The van der Waals surface area contributed by atoms with Gasteiger partial charge in [0.25, 0.3) is 0 Å². The van der Waals surface area contributed by atoms with Gasteiger partial charge in [0.2, 0.25) is 5.91 Å². The molecule has 1 fully saturated rings. The van der Waals surface area contributed by atoms with E-state index in [4.69, 9.17) is 0 Å². The van der Waals surface area contributed by atoms with Crippen LogP contribution in [-0.2, 0) is 23.9 Å². The van der Waals surface area contributed by atoms with Gasteiger partial charge in [-0.05, 0) is 24.6 Å². The second-order valence-corrected chi connectivity index (χ2v) is 6.95. The number of aryl methyl sites for hydroxylation is 1. The molecule has 1 aromatic carbocycles. The molecule has 144 valence electrons. The van der Waals surface area contributed by atoms with Crippen LogP contribution in [0.3, 0.4) is 0 Å². The summed E-state index contributed by atoms with van der Waals surface area (Å²) in [7, 11) is 0. The number of anilines is 1. The molecule has 0 spiro atoms. The van der Waals surface area contributed by atoms with Crippen molar-refractivity contribution in [2.45, 2.75) is 25.6 Å². The fraction of sp³-hybridized carbons (Fsp3) is 0.500. The summed E-state index contributed by atoms with van der Waals surface area (Å²) in [5.74, 6) is 0.896. The number of rotatable bonds is 2. The number of piperazine rings is 1. The molecule has 1 aromatic heterocycles. The zero-order valence-corrected chi connectivity index (χ0v) is 14.7. The smallest absolute Gasteiger partial charge is 0.368 e. The second-order valence-electron chi connectivity index (χ2n) is 6.95. The molecule has 1 unspecified atom stereocenters. The third-order valence-electron chi connectivity index (χ3n) is 5.28. The van der Waals surface area contributed by atoms with Crippen LogP contribution in [0.25, 0.3) is 0 Å². The first-order valence-corrected chi connectivity index (χ1v) is 8.99. The van der Waals surface area contributed by atoms with Crippen molar-refractivity contribution < 1.29 is 18.0 Å². The Hall–Kier alpha value is -2.58. The van der Waals surface area contributed by atoms with E-state index in [1.165, 1.54) is 18.5 Å². The maximum atomic E-state index is 12.9. The van der Waals surface area contributed by atoms with Gasteiger partial charge >= 0.3 is 6.18 Å². The highest BCUT2D eigenvalue weighted by molar-refractivity contribution is 5.79. The fourth-order valence-corrected chi connectivity index (χ4v) is 3.76. The standard InChI is InChI=1S/C18H20F3N5O/c19-18(20,21)14-2-1-3-15(10-14)24-6-8-25(9-7-24)17(27)13-4-5-16-22-12-23-26(16)11-13/h1-3,10,12-13H,4-9,11H2. The van der Waals surface area contributed by atoms with Gasteiger partial charge in [-0.15, -0.1) is 0 Å². The first kappa shape index (κ1) is 17.8. The average molecular weight is 379 g/mol. The number of carbonyl (C=O) groups excluding carboxylic acids is 1. The zero-order chi connectivity index (χ0) is 19.0. The third kappa shape index (κ3) is 3.63. The number of halogens is 3. The normalized spacial score (nSPS) is 20.5. The Bertz CT molecular complexity index is 826. The lowest BCUT2D eigenvalue weighted by molar-refractivity contribution is -0.137. The quantitative estimate of drug-likeness (QED) is 0.803. The van der Waals surface area contributed by atoms with Crippen LogP contribution in [0.2, 0.25) is 0 Å². The van der Waals surface area contributed by atoms with Gasteiger partial charge in [-0.3, -0.25) is 4.79 Å². The van der Waals surface area contributed by atoms with Gasteiger partial charge in [0.1, 0.15) is 12.2 Å². The summed E-state index contributed by atoms with van der Waals surface area (Å²) < 4.78 is 40.5. The zero-order valence-electron chi connectivity index (χ0n) is 14.7. The van der Waals surface area contributed by atoms with Crippen LogP contribution >= 0.6 is 0 Å². The number of carbonyl (C=O) groups is 1. The lowest BCUT2D eigenvalue weighted by Crippen LogP contribution is -2.51. The largest absolute Gasteiger partial charge is 0.416 e. The summed E-state index contributed by atoms with van der Waals surface area (Å²) in [6.07, 6.45) is -1.35. The van der Waals surface area contributed by atoms with E-state index in [1.807, 2.05) is 9.80 Å². The maximum Gasteiger partial charge on any atom is 0.416 e. The molecule has 2 aliphatic heterocycles. The van der Waals surface area contributed by atoms with Crippen molar-refractivity contribution >= 4 is 11.6 Å². The summed E-state index contributed by atoms with van der Waals surface area (Å²) in [5.41, 5.74) is -0.105. The summed E-state index contributed by atoms with van der Waals surface area (Å²) in [5, 5.41) is 4.15. The Morgan fingerprint density at radius 3 is 2.67 bits per heavy atom. The molecule has 1 atom stereocenters. The van der Waals surface area contributed by atoms with Gasteiger partial charge in [0, 0.05) is 38.3 Å². The Kier molecular flexibility index (Phi) is 4.53. The molecule has 9 heteroatoms. The number of hydrogen-bond donors (Lipinski definition) is 0. The molecule has 0 N–H and O–H groups in total. The number of fused-ring (bicyclic) bond motifs is 1. The molecule has 27 heavy (non-hydrogen) atoms. The van der Waals surface area contributed by atoms with E-state index >= 15 is 0 Å². The minimum atomic E-state index is -4.35. The van der Waals surface area contributed by atoms with Gasteiger partial charge < -0.3 is 9.80 Å². The second kappa shape index (κ2) is 6.86. The molecule has 2 aliphatic rings. The molecule has 0 aliphatic carbocycles. The van der Waals surface area contributed by atoms with Crippen molar-refractivity contribution in [3.8, 4) is 0 Å². The molecule has 4 rings (SSSR count). The Labute approximate surface area is 154 Å². The molecule has 2 aromatic rings. The SMILES string of the molecule is O=C(C1CCc2ncnn2C1)N1CCN(c2cccc(C(F)(F)F)c2)CC1. The average Bonchev–Trinajstić information content (AvgIpc) is 3.15. The minimum absolute atomic E-state index is 0.0971. The van der Waals surface area contributed by atoms with E-state index in [0.29, 0.717) is 38.4 Å². The van der Waals surface area contributed by atoms with Gasteiger partial charge in [0.05, 0.1) is 18.0 Å². The highest BCUT2D eigenvalue weighted by Gasteiger charge is 2.33. The summed E-state index contributed by atoms with van der Waals surface area (Å²) in [6, 6.07) is 5.35. The van der Waals surface area contributed by atoms with Crippen molar-refractivity contribution in [2.24, 2.45) is 5.92 Å². The lowest BCUT2D eigenvalue weighted by Gasteiger charge is -2.38. The summed E-state index contributed by atoms with van der Waals surface area (Å²) >= 11 is 0. The molecule has 0 radical (unpaired) electrons. The van der Waals surface area contributed by atoms with E-state index in [0.717, 1.165) is 24.7 Å². The molecule has 1 saturated heterocycles. The molecular formula is C18H20F3N5O. The molecule has 6 nitrogen and oxygen atoms in total. The number of aromatic nitrogens is 3. The van der Waals surface area contributed by atoms with Crippen molar-refractivity contribution in [1.29, 1.82) is 0 Å². The number of hydrogen-bond acceptors (Lipinski definition) is 4. The van der Waals surface area contributed by atoms with Gasteiger partial charge in [0.15, 0.2) is 0 Å². The highest BCUT2D eigenvalue weighted by Crippen LogP contribution is 2.32. The maximum absolute atomic E-state index is 12.9. The summed E-state index contributed by atoms with van der Waals surface area (Å²) in [6.45, 7) is 2.61. The fourth-order valence-electron chi connectivity index (χ4n) is 3.76. The first-order chi connectivity index (χ1) is 12.9. The van der Waals surface area contributed by atoms with E-state index < -0.39 is 11.7 Å². The van der Waals surface area contributed by atoms with Crippen LogP contribution in [0, 0.1) is 5.92 Å². The van der Waals surface area contributed by atoms with Crippen LogP contribution in [0.4, 0.5) is 18.9 Å². The monoisotopic (exact) mass is 379 g/mol. The summed E-state index contributed by atoms with van der Waals surface area (Å²) in [4.78, 5) is 20.7. The van der Waals surface area contributed by atoms with Gasteiger partial charge in [-0.2, -0.15) is 18.3 Å². The van der Waals surface area contributed by atoms with Crippen LogP contribution in [0.1, 0.15) is 17.8 Å². The first-order valence-electron chi connectivity index (χ1n) is 8.99. The van der Waals surface area contributed by atoms with Crippen LogP contribution in [0.15, 0.2) is 30.6 Å². The molecule has 3 heterocycles. The predicted octanol–water partition coefficient (Wildman–Crippen LogP) is 2.21. The highest BCUT2D eigenvalue weighted by atomic mass is 19.4. The topological polar surface area (TPSA) is 54.3 Å².